The van der Waals surface area contributed by atoms with Crippen molar-refractivity contribution in [1.29, 1.82) is 0 Å². The Bertz CT molecular complexity index is 1650. The van der Waals surface area contributed by atoms with Gasteiger partial charge >= 0.3 is 0 Å². The summed E-state index contributed by atoms with van der Waals surface area (Å²) in [5.41, 5.74) is 1.33. The van der Waals surface area contributed by atoms with Gasteiger partial charge in [-0.25, -0.2) is 13.4 Å². The normalized spacial score (nSPS) is 11.4. The number of para-hydroxylation sites is 1. The van der Waals surface area contributed by atoms with Crippen molar-refractivity contribution in [2.45, 2.75) is 11.4 Å². The van der Waals surface area contributed by atoms with Crippen LogP contribution in [0.5, 0.6) is 5.75 Å². The summed E-state index contributed by atoms with van der Waals surface area (Å²) < 4.78 is 39.7. The van der Waals surface area contributed by atoms with E-state index in [0.29, 0.717) is 38.4 Å². The van der Waals surface area contributed by atoms with Crippen LogP contribution in [0.4, 0.5) is 10.8 Å². The predicted molar refractivity (Wildman–Crippen MR) is 144 cm³/mol. The molecular formula is C26H20ClN3O5S2. The molecule has 0 radical (unpaired) electrons. The lowest BCUT2D eigenvalue weighted by molar-refractivity contribution is 0.0983. The molecule has 2 aromatic heterocycles. The number of benzene rings is 3. The van der Waals surface area contributed by atoms with E-state index in [2.05, 4.69) is 9.71 Å². The number of nitrogens with zero attached hydrogens (tertiary/aromatic N) is 2. The highest BCUT2D eigenvalue weighted by Crippen LogP contribution is 2.35. The number of furan rings is 1. The van der Waals surface area contributed by atoms with Gasteiger partial charge in [0, 0.05) is 16.3 Å². The third kappa shape index (κ3) is 5.31. The molecule has 5 aromatic rings. The van der Waals surface area contributed by atoms with Crippen molar-refractivity contribution in [3.63, 3.8) is 0 Å². The lowest BCUT2D eigenvalue weighted by atomic mass is 10.2. The third-order valence-corrected chi connectivity index (χ3v) is 8.16. The summed E-state index contributed by atoms with van der Waals surface area (Å²) in [5.74, 6) is 0.885. The number of hydrogen-bond donors (Lipinski definition) is 1. The molecule has 0 aliphatic rings. The van der Waals surface area contributed by atoms with Gasteiger partial charge in [0.05, 0.1) is 29.5 Å². The SMILES string of the molecule is COc1cccc2sc(N(Cc3ccco3)C(=O)c3ccc(NS(=O)(=O)c4ccc(Cl)cc4)cc3)nc12. The van der Waals surface area contributed by atoms with Crippen LogP contribution < -0.4 is 14.4 Å². The van der Waals surface area contributed by atoms with Crippen molar-refractivity contribution in [2.75, 3.05) is 16.7 Å². The first-order valence-electron chi connectivity index (χ1n) is 11.0. The Balaban J connectivity index is 1.43. The van der Waals surface area contributed by atoms with E-state index in [1.807, 2.05) is 18.2 Å². The van der Waals surface area contributed by atoms with Crippen molar-refractivity contribution in [3.8, 4) is 5.75 Å². The Hall–Kier alpha value is -3.86. The fourth-order valence-corrected chi connectivity index (χ4v) is 5.81. The maximum atomic E-state index is 13.6. The van der Waals surface area contributed by atoms with Crippen molar-refractivity contribution in [3.05, 3.63) is 101 Å². The second-order valence-electron chi connectivity index (χ2n) is 7.91. The maximum absolute atomic E-state index is 13.6. The highest BCUT2D eigenvalue weighted by molar-refractivity contribution is 7.92. The van der Waals surface area contributed by atoms with Gasteiger partial charge in [0.1, 0.15) is 17.0 Å². The van der Waals surface area contributed by atoms with Gasteiger partial charge < -0.3 is 9.15 Å². The highest BCUT2D eigenvalue weighted by Gasteiger charge is 2.24. The number of thiazole rings is 1. The number of halogens is 1. The first-order chi connectivity index (χ1) is 17.8. The molecule has 1 amide bonds. The number of amides is 1. The van der Waals surface area contributed by atoms with E-state index in [4.69, 9.17) is 20.8 Å². The quantitative estimate of drug-likeness (QED) is 0.245. The highest BCUT2D eigenvalue weighted by atomic mass is 35.5. The van der Waals surface area contributed by atoms with Gasteiger partial charge in [-0.15, -0.1) is 0 Å². The van der Waals surface area contributed by atoms with E-state index in [0.717, 1.165) is 4.70 Å². The topological polar surface area (TPSA) is 102 Å². The molecule has 2 heterocycles. The van der Waals surface area contributed by atoms with Crippen LogP contribution in [0.15, 0.2) is 94.4 Å². The van der Waals surface area contributed by atoms with Crippen molar-refractivity contribution >= 4 is 59.9 Å². The molecule has 0 spiro atoms. The summed E-state index contributed by atoms with van der Waals surface area (Å²) in [5, 5.41) is 0.918. The molecule has 8 nitrogen and oxygen atoms in total. The number of carbonyl (C=O) groups excluding carboxylic acids is 1. The molecule has 0 bridgehead atoms. The predicted octanol–water partition coefficient (Wildman–Crippen LogP) is 6.20. The number of sulfonamides is 1. The van der Waals surface area contributed by atoms with Crippen molar-refractivity contribution in [1.82, 2.24) is 4.98 Å². The number of hydrogen-bond acceptors (Lipinski definition) is 7. The van der Waals surface area contributed by atoms with Crippen LogP contribution in [0, 0.1) is 0 Å². The molecule has 188 valence electrons. The van der Waals surface area contributed by atoms with Gasteiger partial charge in [-0.3, -0.25) is 14.4 Å². The van der Waals surface area contributed by atoms with Gasteiger partial charge in [0.15, 0.2) is 5.13 Å². The van der Waals surface area contributed by atoms with Crippen LogP contribution in [0.25, 0.3) is 10.2 Å². The second-order valence-corrected chi connectivity index (χ2v) is 11.0. The fourth-order valence-electron chi connectivity index (χ4n) is 3.64. The van der Waals surface area contributed by atoms with Crippen LogP contribution in [-0.4, -0.2) is 26.4 Å². The van der Waals surface area contributed by atoms with Crippen LogP contribution in [0.3, 0.4) is 0 Å². The number of rotatable bonds is 8. The Morgan fingerprint density at radius 3 is 2.49 bits per heavy atom. The first kappa shape index (κ1) is 24.8. The number of ether oxygens (including phenoxy) is 1. The van der Waals surface area contributed by atoms with E-state index in [1.54, 1.807) is 37.6 Å². The molecule has 0 aliphatic carbocycles. The minimum atomic E-state index is -3.81. The molecule has 3 aromatic carbocycles. The van der Waals surface area contributed by atoms with Gasteiger partial charge in [0.2, 0.25) is 0 Å². The third-order valence-electron chi connectivity index (χ3n) is 5.47. The largest absolute Gasteiger partial charge is 0.494 e. The van der Waals surface area contributed by atoms with Crippen molar-refractivity contribution in [2.24, 2.45) is 0 Å². The average Bonchev–Trinajstić information content (AvgIpc) is 3.57. The number of aromatic nitrogens is 1. The van der Waals surface area contributed by atoms with Gasteiger partial charge in [0.25, 0.3) is 15.9 Å². The van der Waals surface area contributed by atoms with E-state index in [-0.39, 0.29) is 17.3 Å². The standard InChI is InChI=1S/C26H20ClN3O5S2/c1-34-22-5-2-6-23-24(22)28-26(36-23)30(16-20-4-3-15-35-20)25(31)17-7-11-19(12-8-17)29-37(32,33)21-13-9-18(27)10-14-21/h2-15,29H,16H2,1H3. The molecule has 0 fully saturated rings. The molecule has 0 unspecified atom stereocenters. The number of nitrogens with one attached hydrogen (secondary N) is 1. The van der Waals surface area contributed by atoms with Crippen molar-refractivity contribution < 1.29 is 22.4 Å². The van der Waals surface area contributed by atoms with Gasteiger partial charge in [-0.2, -0.15) is 0 Å². The number of methoxy groups -OCH3 is 1. The summed E-state index contributed by atoms with van der Waals surface area (Å²) in [7, 11) is -2.24. The molecule has 0 aliphatic heterocycles. The van der Waals surface area contributed by atoms with E-state index in [9.17, 15) is 13.2 Å². The number of fused-ring (bicyclic) bond motifs is 1. The van der Waals surface area contributed by atoms with Crippen LogP contribution in [0.1, 0.15) is 16.1 Å². The zero-order valence-electron chi connectivity index (χ0n) is 19.4. The Morgan fingerprint density at radius 1 is 1.05 bits per heavy atom. The van der Waals surface area contributed by atoms with E-state index >= 15 is 0 Å². The lowest BCUT2D eigenvalue weighted by Crippen LogP contribution is -2.30. The minimum absolute atomic E-state index is 0.0768. The molecular weight excluding hydrogens is 534 g/mol. The number of carbonyl (C=O) groups is 1. The van der Waals surface area contributed by atoms with Crippen LogP contribution in [0.2, 0.25) is 5.02 Å². The molecule has 1 N–H and O–H groups in total. The first-order valence-corrected chi connectivity index (χ1v) is 13.7. The molecule has 0 saturated carbocycles. The molecule has 0 atom stereocenters. The number of anilines is 2. The van der Waals surface area contributed by atoms with E-state index in [1.165, 1.54) is 52.6 Å². The fraction of sp³-hybridized carbons (Fsp3) is 0.0769. The summed E-state index contributed by atoms with van der Waals surface area (Å²) in [6.07, 6.45) is 1.54. The smallest absolute Gasteiger partial charge is 0.261 e. The average molecular weight is 554 g/mol. The second kappa shape index (κ2) is 10.3. The maximum Gasteiger partial charge on any atom is 0.261 e. The molecule has 0 saturated heterocycles. The summed E-state index contributed by atoms with van der Waals surface area (Å²) in [6.45, 7) is 0.166. The minimum Gasteiger partial charge on any atom is -0.494 e. The van der Waals surface area contributed by atoms with Gasteiger partial charge in [-0.1, -0.05) is 29.0 Å². The molecule has 11 heteroatoms. The van der Waals surface area contributed by atoms with Gasteiger partial charge in [-0.05, 0) is 72.8 Å². The summed E-state index contributed by atoms with van der Waals surface area (Å²) >= 11 is 7.22. The molecule has 5 rings (SSSR count). The molecule has 37 heavy (non-hydrogen) atoms. The summed E-state index contributed by atoms with van der Waals surface area (Å²) in [6, 6.07) is 21.2. The van der Waals surface area contributed by atoms with Crippen LogP contribution >= 0.6 is 22.9 Å². The zero-order valence-corrected chi connectivity index (χ0v) is 21.8. The van der Waals surface area contributed by atoms with E-state index < -0.39 is 10.0 Å². The van der Waals surface area contributed by atoms with Crippen LogP contribution in [-0.2, 0) is 16.6 Å². The monoisotopic (exact) mass is 553 g/mol. The Morgan fingerprint density at radius 2 is 1.81 bits per heavy atom. The Kier molecular flexibility index (Phi) is 6.88. The lowest BCUT2D eigenvalue weighted by Gasteiger charge is -2.19. The zero-order chi connectivity index (χ0) is 26.0. The Labute approximate surface area is 222 Å². The summed E-state index contributed by atoms with van der Waals surface area (Å²) in [4.78, 5) is 19.9.